The van der Waals surface area contributed by atoms with E-state index in [1.54, 1.807) is 11.8 Å². The Bertz CT molecular complexity index is 379. The predicted molar refractivity (Wildman–Crippen MR) is 78.8 cm³/mol. The fourth-order valence-corrected chi connectivity index (χ4v) is 1.79. The van der Waals surface area contributed by atoms with Crippen molar-refractivity contribution in [2.24, 2.45) is 5.73 Å². The average molecular weight is 266 g/mol. The zero-order valence-electron chi connectivity index (χ0n) is 11.3. The summed E-state index contributed by atoms with van der Waals surface area (Å²) in [4.78, 5) is 12.1. The van der Waals surface area contributed by atoms with Crippen molar-refractivity contribution in [2.75, 3.05) is 19.3 Å². The summed E-state index contributed by atoms with van der Waals surface area (Å²) in [6.45, 7) is 5.20. The molecule has 0 radical (unpaired) electrons. The van der Waals surface area contributed by atoms with Gasteiger partial charge in [-0.2, -0.15) is 11.8 Å². The first-order chi connectivity index (χ1) is 8.50. The molecular formula is C14H22N2OS. The fourth-order valence-electron chi connectivity index (χ4n) is 1.58. The summed E-state index contributed by atoms with van der Waals surface area (Å²) in [7, 11) is 0. The number of benzene rings is 1. The minimum atomic E-state index is -0.260. The molecule has 100 valence electrons. The van der Waals surface area contributed by atoms with Crippen LogP contribution in [0.5, 0.6) is 0 Å². The number of amides is 1. The number of nitrogens with two attached hydrogens (primary N) is 1. The topological polar surface area (TPSA) is 55.1 Å². The van der Waals surface area contributed by atoms with E-state index in [0.29, 0.717) is 13.1 Å². The summed E-state index contributed by atoms with van der Waals surface area (Å²) in [5, 5.41) is 2.98. The molecule has 0 aliphatic rings. The average Bonchev–Trinajstić information content (AvgIpc) is 2.39. The second-order valence-electron chi connectivity index (χ2n) is 4.88. The number of hydrogen-bond acceptors (Lipinski definition) is 3. The van der Waals surface area contributed by atoms with Crippen molar-refractivity contribution in [2.45, 2.75) is 24.5 Å². The van der Waals surface area contributed by atoms with Crippen LogP contribution in [-0.4, -0.2) is 30.0 Å². The van der Waals surface area contributed by atoms with Crippen molar-refractivity contribution in [3.05, 3.63) is 35.9 Å². The van der Waals surface area contributed by atoms with Gasteiger partial charge in [0, 0.05) is 17.8 Å². The quantitative estimate of drug-likeness (QED) is 0.828. The summed E-state index contributed by atoms with van der Waals surface area (Å²) in [6, 6.07) is 9.67. The molecule has 1 rings (SSSR count). The highest BCUT2D eigenvalue weighted by Crippen LogP contribution is 2.20. The molecule has 1 unspecified atom stereocenters. The molecule has 0 fully saturated rings. The number of carbonyl (C=O) groups is 1. The van der Waals surface area contributed by atoms with Crippen LogP contribution in [0.25, 0.3) is 0 Å². The smallest absolute Gasteiger partial charge is 0.228 e. The summed E-state index contributed by atoms with van der Waals surface area (Å²) >= 11 is 1.74. The van der Waals surface area contributed by atoms with E-state index in [1.165, 1.54) is 0 Å². The van der Waals surface area contributed by atoms with Gasteiger partial charge in [0.15, 0.2) is 0 Å². The fraction of sp³-hybridized carbons (Fsp3) is 0.500. The van der Waals surface area contributed by atoms with E-state index in [-0.39, 0.29) is 16.6 Å². The Kier molecular flexibility index (Phi) is 5.69. The van der Waals surface area contributed by atoms with Gasteiger partial charge < -0.3 is 11.1 Å². The van der Waals surface area contributed by atoms with Crippen LogP contribution >= 0.6 is 11.8 Å². The highest BCUT2D eigenvalue weighted by Gasteiger charge is 2.22. The van der Waals surface area contributed by atoms with Crippen molar-refractivity contribution < 1.29 is 4.79 Å². The number of carbonyl (C=O) groups excluding carboxylic acids is 1. The van der Waals surface area contributed by atoms with E-state index < -0.39 is 0 Å². The van der Waals surface area contributed by atoms with Gasteiger partial charge in [-0.15, -0.1) is 0 Å². The van der Waals surface area contributed by atoms with Crippen LogP contribution in [0.2, 0.25) is 0 Å². The van der Waals surface area contributed by atoms with Crippen molar-refractivity contribution >= 4 is 17.7 Å². The maximum Gasteiger partial charge on any atom is 0.228 e. The molecule has 0 heterocycles. The molecule has 0 aromatic heterocycles. The summed E-state index contributed by atoms with van der Waals surface area (Å²) in [5.41, 5.74) is 6.68. The monoisotopic (exact) mass is 266 g/mol. The Labute approximate surface area is 114 Å². The molecule has 18 heavy (non-hydrogen) atoms. The van der Waals surface area contributed by atoms with E-state index in [1.807, 2.05) is 36.6 Å². The van der Waals surface area contributed by atoms with Gasteiger partial charge in [0.05, 0.1) is 5.92 Å². The molecule has 0 saturated carbocycles. The van der Waals surface area contributed by atoms with Crippen LogP contribution in [0.3, 0.4) is 0 Å². The van der Waals surface area contributed by atoms with Crippen molar-refractivity contribution in [3.8, 4) is 0 Å². The zero-order chi connectivity index (χ0) is 13.6. The van der Waals surface area contributed by atoms with Gasteiger partial charge in [0.1, 0.15) is 0 Å². The van der Waals surface area contributed by atoms with E-state index in [9.17, 15) is 4.79 Å². The lowest BCUT2D eigenvalue weighted by molar-refractivity contribution is -0.122. The van der Waals surface area contributed by atoms with Gasteiger partial charge in [0.25, 0.3) is 0 Å². The highest BCUT2D eigenvalue weighted by molar-refractivity contribution is 7.99. The molecule has 1 atom stereocenters. The second kappa shape index (κ2) is 6.81. The van der Waals surface area contributed by atoms with Gasteiger partial charge >= 0.3 is 0 Å². The number of thioether (sulfide) groups is 1. The van der Waals surface area contributed by atoms with Crippen molar-refractivity contribution in [1.29, 1.82) is 0 Å². The third kappa shape index (κ3) is 4.35. The van der Waals surface area contributed by atoms with Gasteiger partial charge in [0.2, 0.25) is 5.91 Å². The Morgan fingerprint density at radius 2 is 2.00 bits per heavy atom. The van der Waals surface area contributed by atoms with Gasteiger partial charge in [-0.3, -0.25) is 4.79 Å². The second-order valence-corrected chi connectivity index (χ2v) is 6.39. The molecule has 0 aliphatic carbocycles. The summed E-state index contributed by atoms with van der Waals surface area (Å²) in [6.07, 6.45) is 2.05. The molecule has 3 N–H and O–H groups in total. The van der Waals surface area contributed by atoms with Crippen LogP contribution in [-0.2, 0) is 4.79 Å². The maximum absolute atomic E-state index is 12.1. The minimum Gasteiger partial charge on any atom is -0.354 e. The SMILES string of the molecule is CSC(C)(C)CNC(=O)C(CN)c1ccccc1. The number of rotatable bonds is 6. The van der Waals surface area contributed by atoms with Gasteiger partial charge in [-0.25, -0.2) is 0 Å². The standard InChI is InChI=1S/C14H22N2OS/c1-14(2,18-3)10-16-13(17)12(9-15)11-7-5-4-6-8-11/h4-8,12H,9-10,15H2,1-3H3,(H,16,17). The minimum absolute atomic E-state index is 0.00539. The molecule has 1 aromatic carbocycles. The van der Waals surface area contributed by atoms with Gasteiger partial charge in [-0.05, 0) is 25.7 Å². The Hall–Kier alpha value is -1.00. The summed E-state index contributed by atoms with van der Waals surface area (Å²) < 4.78 is 0.0471. The lowest BCUT2D eigenvalue weighted by Crippen LogP contribution is -2.40. The van der Waals surface area contributed by atoms with Gasteiger partial charge in [-0.1, -0.05) is 30.3 Å². The van der Waals surface area contributed by atoms with Crippen molar-refractivity contribution in [1.82, 2.24) is 5.32 Å². The first kappa shape index (κ1) is 15.1. The lowest BCUT2D eigenvalue weighted by Gasteiger charge is -2.24. The van der Waals surface area contributed by atoms with Crippen LogP contribution < -0.4 is 11.1 Å². The highest BCUT2D eigenvalue weighted by atomic mass is 32.2. The number of hydrogen-bond donors (Lipinski definition) is 2. The molecule has 0 bridgehead atoms. The van der Waals surface area contributed by atoms with Crippen LogP contribution in [0.15, 0.2) is 30.3 Å². The molecule has 1 aromatic rings. The van der Waals surface area contributed by atoms with E-state index >= 15 is 0 Å². The lowest BCUT2D eigenvalue weighted by atomic mass is 9.98. The third-order valence-corrected chi connectivity index (χ3v) is 4.24. The van der Waals surface area contributed by atoms with E-state index in [4.69, 9.17) is 5.73 Å². The third-order valence-electron chi connectivity index (χ3n) is 3.00. The Morgan fingerprint density at radius 1 is 1.39 bits per heavy atom. The predicted octanol–water partition coefficient (Wildman–Crippen LogP) is 1.99. The molecule has 0 saturated heterocycles. The maximum atomic E-state index is 12.1. The largest absolute Gasteiger partial charge is 0.354 e. The van der Waals surface area contributed by atoms with E-state index in [2.05, 4.69) is 19.2 Å². The molecule has 1 amide bonds. The van der Waals surface area contributed by atoms with E-state index in [0.717, 1.165) is 5.56 Å². The molecule has 0 aliphatic heterocycles. The molecular weight excluding hydrogens is 244 g/mol. The first-order valence-electron chi connectivity index (χ1n) is 6.08. The normalized spacial score (nSPS) is 13.1. The van der Waals surface area contributed by atoms with Crippen molar-refractivity contribution in [3.63, 3.8) is 0 Å². The molecule has 4 heteroatoms. The first-order valence-corrected chi connectivity index (χ1v) is 7.30. The van der Waals surface area contributed by atoms with Crippen LogP contribution in [0.1, 0.15) is 25.3 Å². The van der Waals surface area contributed by atoms with Crippen LogP contribution in [0.4, 0.5) is 0 Å². The number of nitrogens with one attached hydrogen (secondary N) is 1. The Morgan fingerprint density at radius 3 is 2.50 bits per heavy atom. The summed E-state index contributed by atoms with van der Waals surface area (Å²) in [5.74, 6) is -0.255. The molecule has 3 nitrogen and oxygen atoms in total. The molecule has 0 spiro atoms. The zero-order valence-corrected chi connectivity index (χ0v) is 12.1. The van der Waals surface area contributed by atoms with Crippen LogP contribution in [0, 0.1) is 0 Å². The Balaban J connectivity index is 2.64.